The molecule has 4 amide bonds. The van der Waals surface area contributed by atoms with Gasteiger partial charge in [-0.1, -0.05) is 32.4 Å². The van der Waals surface area contributed by atoms with Gasteiger partial charge in [-0.05, 0) is 100 Å². The van der Waals surface area contributed by atoms with Crippen LogP contribution in [0, 0.1) is 29.5 Å². The van der Waals surface area contributed by atoms with Crippen molar-refractivity contribution in [2.45, 2.75) is 120 Å². The summed E-state index contributed by atoms with van der Waals surface area (Å²) in [7, 11) is -2.83. The Morgan fingerprint density at radius 2 is 1.84 bits per heavy atom. The number of carbonyl (C=O) groups is 4. The van der Waals surface area contributed by atoms with Gasteiger partial charge in [0.05, 0.1) is 13.7 Å². The molecule has 3 aliphatic rings. The number of hydrogen-bond donors (Lipinski definition) is 3. The second-order valence-electron chi connectivity index (χ2n) is 17.0. The van der Waals surface area contributed by atoms with E-state index in [-0.39, 0.29) is 61.1 Å². The highest BCUT2D eigenvalue weighted by Crippen LogP contribution is 2.44. The number of nitrogens with two attached hydrogens (primary N) is 1. The number of methoxy groups -OCH3 is 1. The van der Waals surface area contributed by atoms with Crippen molar-refractivity contribution in [3.63, 3.8) is 0 Å². The third-order valence-electron chi connectivity index (χ3n) is 12.0. The number of fused-ring (bicyclic) bond motifs is 1. The number of rotatable bonds is 18. The summed E-state index contributed by atoms with van der Waals surface area (Å²) in [4.78, 5) is 58.4. The lowest BCUT2D eigenvalue weighted by Gasteiger charge is -2.33. The molecule has 338 valence electrons. The number of alkyl carbamates (subject to hydrolysis) is 1. The first-order valence-corrected chi connectivity index (χ1v) is 21.7. The SMILES string of the molecule is COc1cc2ccnc(O[C@@H]3C[C@@H](C(N)=O)N(C(=O)[C@@H](NC(=O)OC(C)(C)C(F)(F)F)[C@H](C)C[C@@H](C)CC/C=C\[C@@H]4CCCC4C(=O)NS(=O)(=O)C4(CF)CC4)C3)c2cc1F. The normalized spacial score (nSPS) is 23.0. The van der Waals surface area contributed by atoms with Crippen LogP contribution in [0.5, 0.6) is 11.6 Å². The monoisotopic (exact) mass is 887 g/mol. The van der Waals surface area contributed by atoms with Crippen molar-refractivity contribution in [2.75, 3.05) is 20.3 Å². The second kappa shape index (κ2) is 18.7. The zero-order valence-electron chi connectivity index (χ0n) is 34.7. The average Bonchev–Trinajstić information content (AvgIpc) is 3.66. The van der Waals surface area contributed by atoms with Gasteiger partial charge in [-0.25, -0.2) is 27.0 Å². The van der Waals surface area contributed by atoms with Gasteiger partial charge < -0.3 is 30.2 Å². The molecular formula is C41H54F5N5O9S. The fourth-order valence-electron chi connectivity index (χ4n) is 8.04. The van der Waals surface area contributed by atoms with E-state index in [4.69, 9.17) is 19.9 Å². The Hall–Kier alpha value is -4.75. The molecule has 7 atom stereocenters. The highest BCUT2D eigenvalue weighted by atomic mass is 32.2. The molecule has 1 aromatic heterocycles. The summed E-state index contributed by atoms with van der Waals surface area (Å²) < 4.78 is 111. The lowest BCUT2D eigenvalue weighted by Crippen LogP contribution is -2.56. The number of benzene rings is 1. The molecule has 4 N–H and O–H groups in total. The van der Waals surface area contributed by atoms with Gasteiger partial charge in [0.1, 0.15) is 29.6 Å². The number of nitrogens with one attached hydrogen (secondary N) is 2. The first kappa shape index (κ1) is 47.3. The molecule has 14 nitrogen and oxygen atoms in total. The Bertz CT molecular complexity index is 2100. The fourth-order valence-corrected chi connectivity index (χ4v) is 9.45. The van der Waals surface area contributed by atoms with Crippen LogP contribution in [0.15, 0.2) is 36.5 Å². The van der Waals surface area contributed by atoms with E-state index < -0.39 is 92.9 Å². The second-order valence-corrected chi connectivity index (χ2v) is 19.1. The largest absolute Gasteiger partial charge is 0.494 e. The van der Waals surface area contributed by atoms with Crippen molar-refractivity contribution < 1.29 is 63.8 Å². The molecule has 1 saturated heterocycles. The fraction of sp³-hybridized carbons (Fsp3) is 0.634. The van der Waals surface area contributed by atoms with E-state index in [0.29, 0.717) is 51.3 Å². The summed E-state index contributed by atoms with van der Waals surface area (Å²) in [5.41, 5.74) is 2.82. The highest BCUT2D eigenvalue weighted by molar-refractivity contribution is 7.91. The maximum Gasteiger partial charge on any atom is 0.427 e. The molecule has 2 heterocycles. The maximum atomic E-state index is 14.7. The molecule has 0 bridgehead atoms. The predicted molar refractivity (Wildman–Crippen MR) is 213 cm³/mol. The molecule has 5 rings (SSSR count). The molecule has 1 aliphatic heterocycles. The molecular weight excluding hydrogens is 834 g/mol. The lowest BCUT2D eigenvalue weighted by atomic mass is 9.87. The van der Waals surface area contributed by atoms with Crippen molar-refractivity contribution in [3.05, 3.63) is 42.4 Å². The molecule has 1 aromatic carbocycles. The Balaban J connectivity index is 1.27. The molecule has 2 saturated carbocycles. The van der Waals surface area contributed by atoms with Crippen LogP contribution in [0.1, 0.15) is 85.5 Å². The van der Waals surface area contributed by atoms with E-state index in [9.17, 15) is 49.5 Å². The van der Waals surface area contributed by atoms with Crippen molar-refractivity contribution in [1.29, 1.82) is 0 Å². The quantitative estimate of drug-likeness (QED) is 0.118. The first-order chi connectivity index (χ1) is 28.5. The number of nitrogens with zero attached hydrogens (tertiary/aromatic N) is 2. The van der Waals surface area contributed by atoms with Crippen molar-refractivity contribution in [1.82, 2.24) is 19.9 Å². The number of carbonyl (C=O) groups excluding carboxylic acids is 4. The van der Waals surface area contributed by atoms with E-state index >= 15 is 0 Å². The number of hydrogen-bond acceptors (Lipinski definition) is 10. The van der Waals surface area contributed by atoms with Crippen LogP contribution in [0.3, 0.4) is 0 Å². The van der Waals surface area contributed by atoms with E-state index in [0.717, 1.165) is 4.90 Å². The van der Waals surface area contributed by atoms with E-state index in [1.807, 2.05) is 19.1 Å². The number of primary amides is 1. The Morgan fingerprint density at radius 3 is 2.46 bits per heavy atom. The number of aromatic nitrogens is 1. The van der Waals surface area contributed by atoms with Gasteiger partial charge in [-0.15, -0.1) is 0 Å². The van der Waals surface area contributed by atoms with Crippen molar-refractivity contribution >= 4 is 44.6 Å². The van der Waals surface area contributed by atoms with Crippen LogP contribution in [-0.2, 0) is 29.1 Å². The van der Waals surface area contributed by atoms with Crippen LogP contribution in [-0.4, -0.2) is 97.2 Å². The van der Waals surface area contributed by atoms with Gasteiger partial charge in [0.2, 0.25) is 39.2 Å². The van der Waals surface area contributed by atoms with Crippen LogP contribution in [0.2, 0.25) is 0 Å². The third kappa shape index (κ3) is 10.8. The maximum absolute atomic E-state index is 14.7. The summed E-state index contributed by atoms with van der Waals surface area (Å²) in [6.45, 7) is 3.54. The average molecular weight is 888 g/mol. The summed E-state index contributed by atoms with van der Waals surface area (Å²) in [6, 6.07) is 1.51. The van der Waals surface area contributed by atoms with Crippen LogP contribution >= 0.6 is 0 Å². The zero-order chi connectivity index (χ0) is 45.1. The Labute approximate surface area is 351 Å². The molecule has 1 unspecified atom stereocenters. The minimum absolute atomic E-state index is 0.00481. The minimum atomic E-state index is -4.94. The standard InChI is InChI=1S/C41H54F5N5O9S/c1-23(9-6-7-10-25-11-8-12-28(25)35(53)50-61(56,57)40(22-42)14-15-40)17-24(2)33(49-38(55)60-39(3,4)41(44,45)46)37(54)51-21-27(19-31(51)34(47)52)59-36-29-20-30(43)32(58-5)18-26(29)13-16-48-36/h7,10,13,16,18,20,23-25,27-28,31,33H,6,8-9,11-12,14-15,17,19,21-22H2,1-5H3,(H2,47,52)(H,49,55)(H,50,53)/b10-7-/t23-,24+,25+,27+,28?,31-,33-/m0/s1. The third-order valence-corrected chi connectivity index (χ3v) is 14.2. The number of alkyl halides is 4. The number of ether oxygens (including phenoxy) is 3. The molecule has 0 spiro atoms. The molecule has 20 heteroatoms. The lowest BCUT2D eigenvalue weighted by molar-refractivity contribution is -0.244. The Morgan fingerprint density at radius 1 is 1.13 bits per heavy atom. The number of amides is 4. The zero-order valence-corrected chi connectivity index (χ0v) is 35.5. The Kier molecular flexibility index (Phi) is 14.5. The number of halogens is 5. The van der Waals surface area contributed by atoms with E-state index in [1.54, 1.807) is 13.0 Å². The van der Waals surface area contributed by atoms with Crippen molar-refractivity contribution in [2.24, 2.45) is 29.4 Å². The molecule has 2 aromatic rings. The van der Waals surface area contributed by atoms with Crippen LogP contribution in [0.4, 0.5) is 26.7 Å². The van der Waals surface area contributed by atoms with Gasteiger partial charge in [0.25, 0.3) is 0 Å². The van der Waals surface area contributed by atoms with Crippen LogP contribution in [0.25, 0.3) is 10.8 Å². The molecule has 0 radical (unpaired) electrons. The van der Waals surface area contributed by atoms with E-state index in [1.165, 1.54) is 25.4 Å². The number of likely N-dealkylation sites (tertiary alicyclic amines) is 1. The summed E-state index contributed by atoms with van der Waals surface area (Å²) >= 11 is 0. The van der Waals surface area contributed by atoms with Gasteiger partial charge in [0, 0.05) is 23.9 Å². The predicted octanol–water partition coefficient (Wildman–Crippen LogP) is 6.01. The number of allylic oxidation sites excluding steroid dienone is 2. The number of sulfonamides is 1. The first-order valence-electron chi connectivity index (χ1n) is 20.3. The smallest absolute Gasteiger partial charge is 0.427 e. The summed E-state index contributed by atoms with van der Waals surface area (Å²) in [5.74, 6) is -4.71. The highest BCUT2D eigenvalue weighted by Gasteiger charge is 2.56. The van der Waals surface area contributed by atoms with E-state index in [2.05, 4.69) is 15.0 Å². The summed E-state index contributed by atoms with van der Waals surface area (Å²) in [5, 5.41) is 3.14. The number of pyridine rings is 1. The van der Waals surface area contributed by atoms with Gasteiger partial charge in [-0.2, -0.15) is 13.2 Å². The summed E-state index contributed by atoms with van der Waals surface area (Å²) in [6.07, 6.45) is 1.24. The topological polar surface area (TPSA) is 196 Å². The molecule has 2 aliphatic carbocycles. The van der Waals surface area contributed by atoms with Crippen molar-refractivity contribution in [3.8, 4) is 11.6 Å². The minimum Gasteiger partial charge on any atom is -0.494 e. The molecule has 3 fully saturated rings. The van der Waals surface area contributed by atoms with Gasteiger partial charge >= 0.3 is 12.3 Å². The van der Waals surface area contributed by atoms with Crippen LogP contribution < -0.4 is 25.2 Å². The van der Waals surface area contributed by atoms with Gasteiger partial charge in [-0.3, -0.25) is 19.1 Å². The molecule has 61 heavy (non-hydrogen) atoms. The van der Waals surface area contributed by atoms with Gasteiger partial charge in [0.15, 0.2) is 11.6 Å².